The standard InChI is InChI=1S/C45H49N3.C2H6/c1-31-15-9-10-16-34(31)29-32(2)48(45(5)28-27-38-37-19-11-12-20-39(37)44(3,4)40(38)30-45)36-25-23-33(24-26-36)43-46-41-21-13-14-22-42(41)47(43)35-17-7-6-8-18-35;1-2/h6-7,9-17,19-22,27-29,33,36H,8,18,23-26,30H2,1-5H3;1-2H3/b32-29+;/t33?,36?,45-;/m0./s1. The Balaban J connectivity index is 0.00000193. The van der Waals surface area contributed by atoms with E-state index in [2.05, 4.69) is 153 Å². The molecule has 0 saturated heterocycles. The minimum absolute atomic E-state index is 0.0248. The van der Waals surface area contributed by atoms with Crippen LogP contribution >= 0.6 is 0 Å². The molecule has 50 heavy (non-hydrogen) atoms. The Hall–Kier alpha value is -4.37. The predicted molar refractivity (Wildman–Crippen MR) is 214 cm³/mol. The third-order valence-corrected chi connectivity index (χ3v) is 11.9. The summed E-state index contributed by atoms with van der Waals surface area (Å²) < 4.78 is 2.50. The maximum atomic E-state index is 5.31. The van der Waals surface area contributed by atoms with Gasteiger partial charge in [0.05, 0.1) is 16.6 Å². The van der Waals surface area contributed by atoms with Crippen LogP contribution in [-0.4, -0.2) is 26.0 Å². The van der Waals surface area contributed by atoms with Crippen molar-refractivity contribution in [3.63, 3.8) is 0 Å². The highest BCUT2D eigenvalue weighted by molar-refractivity contribution is 5.87. The summed E-state index contributed by atoms with van der Waals surface area (Å²) in [5.74, 6) is 1.72. The summed E-state index contributed by atoms with van der Waals surface area (Å²) in [4.78, 5) is 8.14. The van der Waals surface area contributed by atoms with Gasteiger partial charge < -0.3 is 4.90 Å². The van der Waals surface area contributed by atoms with Crippen molar-refractivity contribution in [2.24, 2.45) is 0 Å². The molecule has 0 spiro atoms. The van der Waals surface area contributed by atoms with Gasteiger partial charge >= 0.3 is 0 Å². The lowest BCUT2D eigenvalue weighted by Crippen LogP contribution is -2.52. The first-order chi connectivity index (χ1) is 24.2. The molecule has 4 aliphatic carbocycles. The van der Waals surface area contributed by atoms with Crippen LogP contribution in [0.5, 0.6) is 0 Å². The highest BCUT2D eigenvalue weighted by atomic mass is 15.2. The Labute approximate surface area is 300 Å². The molecule has 4 aliphatic rings. The summed E-state index contributed by atoms with van der Waals surface area (Å²) in [5, 5.41) is 0. The number of aromatic nitrogens is 2. The normalized spacial score (nSPS) is 24.0. The fourth-order valence-corrected chi connectivity index (χ4v) is 9.42. The van der Waals surface area contributed by atoms with Gasteiger partial charge in [-0.2, -0.15) is 0 Å². The molecular weight excluding hydrogens is 607 g/mol. The van der Waals surface area contributed by atoms with E-state index >= 15 is 0 Å². The number of nitrogens with zero attached hydrogens (tertiary/aromatic N) is 3. The van der Waals surface area contributed by atoms with Crippen LogP contribution in [0.3, 0.4) is 0 Å². The highest BCUT2D eigenvalue weighted by Gasteiger charge is 2.46. The van der Waals surface area contributed by atoms with Gasteiger partial charge in [-0.05, 0) is 123 Å². The van der Waals surface area contributed by atoms with Gasteiger partial charge in [-0.15, -0.1) is 0 Å². The van der Waals surface area contributed by atoms with Crippen LogP contribution in [0.2, 0.25) is 0 Å². The van der Waals surface area contributed by atoms with Gasteiger partial charge in [0.2, 0.25) is 0 Å². The Morgan fingerprint density at radius 3 is 2.38 bits per heavy atom. The molecule has 1 heterocycles. The minimum atomic E-state index is -0.120. The van der Waals surface area contributed by atoms with E-state index in [0.29, 0.717) is 12.0 Å². The zero-order chi connectivity index (χ0) is 35.0. The van der Waals surface area contributed by atoms with Crippen LogP contribution in [0.1, 0.15) is 120 Å². The van der Waals surface area contributed by atoms with E-state index in [9.17, 15) is 0 Å². The average Bonchev–Trinajstić information content (AvgIpc) is 3.63. The second kappa shape index (κ2) is 13.7. The number of rotatable bonds is 6. The fourth-order valence-electron chi connectivity index (χ4n) is 9.42. The number of hydrogen-bond acceptors (Lipinski definition) is 2. The van der Waals surface area contributed by atoms with Crippen molar-refractivity contribution >= 4 is 28.4 Å². The molecule has 4 aromatic rings. The van der Waals surface area contributed by atoms with E-state index in [0.717, 1.165) is 50.5 Å². The lowest BCUT2D eigenvalue weighted by molar-refractivity contribution is 0.100. The van der Waals surface area contributed by atoms with E-state index in [1.807, 2.05) is 13.8 Å². The molecule has 0 radical (unpaired) electrons. The van der Waals surface area contributed by atoms with Gasteiger partial charge in [0.15, 0.2) is 0 Å². The van der Waals surface area contributed by atoms with Crippen molar-refractivity contribution in [2.75, 3.05) is 0 Å². The molecule has 0 aliphatic heterocycles. The van der Waals surface area contributed by atoms with Gasteiger partial charge in [-0.1, -0.05) is 113 Å². The molecule has 3 heteroatoms. The second-order valence-corrected chi connectivity index (χ2v) is 15.4. The van der Waals surface area contributed by atoms with Crippen molar-refractivity contribution in [3.05, 3.63) is 143 Å². The molecule has 1 saturated carbocycles. The first-order valence-electron chi connectivity index (χ1n) is 19.1. The third-order valence-electron chi connectivity index (χ3n) is 11.9. The maximum absolute atomic E-state index is 5.31. The van der Waals surface area contributed by atoms with E-state index in [1.165, 1.54) is 50.6 Å². The molecule has 1 fully saturated rings. The van der Waals surface area contributed by atoms with Crippen molar-refractivity contribution in [1.82, 2.24) is 14.5 Å². The molecule has 3 aromatic carbocycles. The number of benzene rings is 3. The Kier molecular flexibility index (Phi) is 9.37. The van der Waals surface area contributed by atoms with Crippen LogP contribution in [-0.2, 0) is 5.41 Å². The summed E-state index contributed by atoms with van der Waals surface area (Å²) >= 11 is 0. The molecule has 3 nitrogen and oxygen atoms in total. The topological polar surface area (TPSA) is 21.1 Å². The zero-order valence-electron chi connectivity index (χ0n) is 31.3. The summed E-state index contributed by atoms with van der Waals surface area (Å²) in [6.45, 7) is 16.0. The monoisotopic (exact) mass is 661 g/mol. The zero-order valence-corrected chi connectivity index (χ0v) is 31.3. The molecule has 0 amide bonds. The quantitative estimate of drug-likeness (QED) is 0.205. The lowest BCUT2D eigenvalue weighted by Gasteiger charge is -2.51. The van der Waals surface area contributed by atoms with E-state index in [1.54, 1.807) is 5.57 Å². The Morgan fingerprint density at radius 1 is 0.900 bits per heavy atom. The van der Waals surface area contributed by atoms with Crippen molar-refractivity contribution in [2.45, 2.75) is 116 Å². The highest BCUT2D eigenvalue weighted by Crippen LogP contribution is 2.53. The summed E-state index contributed by atoms with van der Waals surface area (Å²) in [6.07, 6.45) is 22.1. The van der Waals surface area contributed by atoms with Crippen LogP contribution in [0, 0.1) is 6.92 Å². The first kappa shape index (κ1) is 34.1. The smallest absolute Gasteiger partial charge is 0.117 e. The van der Waals surface area contributed by atoms with Gasteiger partial charge in [0.25, 0.3) is 0 Å². The number of imidazole rings is 1. The van der Waals surface area contributed by atoms with Crippen LogP contribution < -0.4 is 0 Å². The van der Waals surface area contributed by atoms with E-state index in [-0.39, 0.29) is 11.0 Å². The van der Waals surface area contributed by atoms with E-state index < -0.39 is 0 Å². The molecule has 1 aromatic heterocycles. The van der Waals surface area contributed by atoms with E-state index in [4.69, 9.17) is 4.98 Å². The first-order valence-corrected chi connectivity index (χ1v) is 19.1. The number of aryl methyl sites for hydroxylation is 1. The number of fused-ring (bicyclic) bond motifs is 3. The maximum Gasteiger partial charge on any atom is 0.117 e. The molecule has 1 atom stereocenters. The molecular formula is C47H55N3. The SMILES string of the molecule is C/C(=C\c1ccccc1C)N(C1CCC(c2nc3ccccc3n2C2=CC=CCC2)CC1)[C@@]1(C)C=CC2=C(C1)C(C)(C)c1ccccc12.CC. The van der Waals surface area contributed by atoms with Crippen molar-refractivity contribution < 1.29 is 0 Å². The van der Waals surface area contributed by atoms with Gasteiger partial charge in [0.1, 0.15) is 5.82 Å². The Bertz CT molecular complexity index is 2040. The number of para-hydroxylation sites is 2. The summed E-state index contributed by atoms with van der Waals surface area (Å²) in [7, 11) is 0. The van der Waals surface area contributed by atoms with Gasteiger partial charge in [-0.3, -0.25) is 4.57 Å². The molecule has 8 rings (SSSR count). The second-order valence-electron chi connectivity index (χ2n) is 15.4. The lowest BCUT2D eigenvalue weighted by atomic mass is 9.72. The predicted octanol–water partition coefficient (Wildman–Crippen LogP) is 12.4. The number of allylic oxidation sites excluding steroid dienone is 7. The van der Waals surface area contributed by atoms with Crippen LogP contribution in [0.15, 0.2) is 114 Å². The van der Waals surface area contributed by atoms with Crippen molar-refractivity contribution in [1.29, 1.82) is 0 Å². The minimum Gasteiger partial charge on any atom is -0.363 e. The van der Waals surface area contributed by atoms with Gasteiger partial charge in [-0.25, -0.2) is 4.98 Å². The van der Waals surface area contributed by atoms with Crippen molar-refractivity contribution in [3.8, 4) is 0 Å². The largest absolute Gasteiger partial charge is 0.363 e. The van der Waals surface area contributed by atoms with Crippen LogP contribution in [0.25, 0.3) is 28.4 Å². The van der Waals surface area contributed by atoms with Crippen LogP contribution in [0.4, 0.5) is 0 Å². The molecule has 0 N–H and O–H groups in total. The van der Waals surface area contributed by atoms with Gasteiger partial charge in [0, 0.05) is 28.8 Å². The summed E-state index contributed by atoms with van der Waals surface area (Å²) in [6, 6.07) is 27.1. The molecule has 0 bridgehead atoms. The molecule has 258 valence electrons. The number of hydrogen-bond donors (Lipinski definition) is 0. The fraction of sp³-hybridized carbons (Fsp3) is 0.383. The average molecular weight is 662 g/mol. The molecule has 0 unspecified atom stereocenters. The Morgan fingerprint density at radius 2 is 1.62 bits per heavy atom. The summed E-state index contributed by atoms with van der Waals surface area (Å²) in [5.41, 5.74) is 13.6. The third kappa shape index (κ3) is 5.93.